The fourth-order valence-electron chi connectivity index (χ4n) is 2.39. The van der Waals surface area contributed by atoms with Crippen LogP contribution in [0.2, 0.25) is 0 Å². The number of halogens is 1. The molecule has 0 unspecified atom stereocenters. The Labute approximate surface area is 100.0 Å². The van der Waals surface area contributed by atoms with Crippen molar-refractivity contribution in [2.24, 2.45) is 11.8 Å². The highest BCUT2D eigenvalue weighted by Crippen LogP contribution is 2.26. The summed E-state index contributed by atoms with van der Waals surface area (Å²) in [7, 11) is 0. The first-order valence-electron chi connectivity index (χ1n) is 6.61. The van der Waals surface area contributed by atoms with Crippen molar-refractivity contribution in [3.63, 3.8) is 0 Å². The maximum absolute atomic E-state index is 6.09. The van der Waals surface area contributed by atoms with E-state index in [4.69, 9.17) is 11.6 Å². The van der Waals surface area contributed by atoms with Crippen molar-refractivity contribution in [2.75, 3.05) is 13.1 Å². The average Bonchev–Trinajstić information content (AvgIpc) is 2.27. The van der Waals surface area contributed by atoms with Gasteiger partial charge in [-0.3, -0.25) is 0 Å². The molecule has 0 aromatic rings. The molecule has 90 valence electrons. The van der Waals surface area contributed by atoms with E-state index in [1.807, 2.05) is 0 Å². The maximum atomic E-state index is 6.09. The maximum Gasteiger partial charge on any atom is 0.0336 e. The van der Waals surface area contributed by atoms with E-state index in [1.165, 1.54) is 51.6 Å². The van der Waals surface area contributed by atoms with Crippen LogP contribution in [0, 0.1) is 11.8 Å². The molecule has 0 spiro atoms. The van der Waals surface area contributed by atoms with E-state index in [0.29, 0.717) is 5.38 Å². The van der Waals surface area contributed by atoms with Crippen LogP contribution < -0.4 is 5.32 Å². The Morgan fingerprint density at radius 1 is 1.13 bits per heavy atom. The van der Waals surface area contributed by atoms with Gasteiger partial charge in [0.1, 0.15) is 0 Å². The van der Waals surface area contributed by atoms with Gasteiger partial charge in [-0.2, -0.15) is 0 Å². The summed E-state index contributed by atoms with van der Waals surface area (Å²) in [6, 6.07) is 0. The lowest BCUT2D eigenvalue weighted by molar-refractivity contribution is 0.332. The van der Waals surface area contributed by atoms with E-state index >= 15 is 0 Å². The van der Waals surface area contributed by atoms with Gasteiger partial charge in [0.25, 0.3) is 0 Å². The van der Waals surface area contributed by atoms with Crippen molar-refractivity contribution < 1.29 is 0 Å². The van der Waals surface area contributed by atoms with Crippen LogP contribution in [0.1, 0.15) is 52.4 Å². The number of rotatable bonds is 6. The lowest BCUT2D eigenvalue weighted by atomic mass is 9.89. The smallest absolute Gasteiger partial charge is 0.0336 e. The zero-order valence-corrected chi connectivity index (χ0v) is 11.0. The summed E-state index contributed by atoms with van der Waals surface area (Å²) < 4.78 is 0. The van der Waals surface area contributed by atoms with Crippen molar-refractivity contribution in [1.29, 1.82) is 0 Å². The van der Waals surface area contributed by atoms with Crippen molar-refractivity contribution >= 4 is 11.6 Å². The van der Waals surface area contributed by atoms with E-state index in [1.54, 1.807) is 0 Å². The molecule has 0 saturated heterocycles. The van der Waals surface area contributed by atoms with Crippen molar-refractivity contribution in [3.8, 4) is 0 Å². The molecule has 0 heterocycles. The van der Waals surface area contributed by atoms with Gasteiger partial charge in [0.2, 0.25) is 0 Å². The zero-order chi connectivity index (χ0) is 11.1. The number of hydrogen-bond donors (Lipinski definition) is 1. The first kappa shape index (κ1) is 13.3. The Bertz CT molecular complexity index is 149. The van der Waals surface area contributed by atoms with E-state index in [2.05, 4.69) is 19.2 Å². The van der Waals surface area contributed by atoms with Crippen LogP contribution in [0.3, 0.4) is 0 Å². The van der Waals surface area contributed by atoms with Gasteiger partial charge in [-0.1, -0.05) is 26.7 Å². The first-order chi connectivity index (χ1) is 7.26. The van der Waals surface area contributed by atoms with Gasteiger partial charge in [-0.25, -0.2) is 0 Å². The third-order valence-electron chi connectivity index (χ3n) is 3.80. The molecule has 1 rings (SSSR count). The van der Waals surface area contributed by atoms with Crippen LogP contribution in [-0.2, 0) is 0 Å². The SMILES string of the molecule is CCC(CC)CNCC1CCC(Cl)CC1. The van der Waals surface area contributed by atoms with E-state index in [9.17, 15) is 0 Å². The summed E-state index contributed by atoms with van der Waals surface area (Å²) in [5, 5.41) is 4.09. The highest BCUT2D eigenvalue weighted by molar-refractivity contribution is 6.20. The lowest BCUT2D eigenvalue weighted by Crippen LogP contribution is -2.30. The normalized spacial score (nSPS) is 27.2. The topological polar surface area (TPSA) is 12.0 Å². The number of alkyl halides is 1. The highest BCUT2D eigenvalue weighted by Gasteiger charge is 2.19. The quantitative estimate of drug-likeness (QED) is 0.686. The second kappa shape index (κ2) is 7.51. The standard InChI is InChI=1S/C13H26ClN/c1-3-11(4-2)9-15-10-12-5-7-13(14)8-6-12/h11-13,15H,3-10H2,1-2H3. The summed E-state index contributed by atoms with van der Waals surface area (Å²) >= 11 is 6.09. The number of hydrogen-bond acceptors (Lipinski definition) is 1. The molecule has 1 nitrogen and oxygen atoms in total. The van der Waals surface area contributed by atoms with Gasteiger partial charge < -0.3 is 5.32 Å². The van der Waals surface area contributed by atoms with E-state index in [0.717, 1.165) is 11.8 Å². The molecule has 0 radical (unpaired) electrons. The number of nitrogens with one attached hydrogen (secondary N) is 1. The second-order valence-corrected chi connectivity index (χ2v) is 5.58. The minimum Gasteiger partial charge on any atom is -0.316 e. The predicted octanol–water partition coefficient (Wildman–Crippen LogP) is 3.81. The molecule has 0 bridgehead atoms. The Morgan fingerprint density at radius 2 is 1.73 bits per heavy atom. The van der Waals surface area contributed by atoms with Crippen LogP contribution in [0.15, 0.2) is 0 Å². The summed E-state index contributed by atoms with van der Waals surface area (Å²) in [6.45, 7) is 6.98. The highest BCUT2D eigenvalue weighted by atomic mass is 35.5. The van der Waals surface area contributed by atoms with Crippen molar-refractivity contribution in [3.05, 3.63) is 0 Å². The lowest BCUT2D eigenvalue weighted by Gasteiger charge is -2.25. The van der Waals surface area contributed by atoms with E-state index < -0.39 is 0 Å². The Kier molecular flexibility index (Phi) is 6.67. The molecule has 0 aromatic carbocycles. The largest absolute Gasteiger partial charge is 0.316 e. The molecule has 1 fully saturated rings. The van der Waals surface area contributed by atoms with Gasteiger partial charge in [0.05, 0.1) is 0 Å². The second-order valence-electron chi connectivity index (χ2n) is 4.96. The molecule has 15 heavy (non-hydrogen) atoms. The molecule has 2 heteroatoms. The third-order valence-corrected chi connectivity index (χ3v) is 4.23. The molecular formula is C13H26ClN. The zero-order valence-electron chi connectivity index (χ0n) is 10.3. The molecular weight excluding hydrogens is 206 g/mol. The van der Waals surface area contributed by atoms with Crippen LogP contribution in [-0.4, -0.2) is 18.5 Å². The van der Waals surface area contributed by atoms with Gasteiger partial charge in [-0.15, -0.1) is 11.6 Å². The minimum absolute atomic E-state index is 0.459. The minimum atomic E-state index is 0.459. The fraction of sp³-hybridized carbons (Fsp3) is 1.00. The molecule has 1 N–H and O–H groups in total. The Hall–Kier alpha value is 0.250. The van der Waals surface area contributed by atoms with E-state index in [-0.39, 0.29) is 0 Å². The van der Waals surface area contributed by atoms with Crippen LogP contribution in [0.5, 0.6) is 0 Å². The van der Waals surface area contributed by atoms with Gasteiger partial charge >= 0.3 is 0 Å². The molecule has 1 aliphatic rings. The van der Waals surface area contributed by atoms with Crippen molar-refractivity contribution in [2.45, 2.75) is 57.7 Å². The summed E-state index contributed by atoms with van der Waals surface area (Å²) in [4.78, 5) is 0. The van der Waals surface area contributed by atoms with Gasteiger partial charge in [0, 0.05) is 5.38 Å². The average molecular weight is 232 g/mol. The molecule has 0 atom stereocenters. The molecule has 0 aromatic heterocycles. The van der Waals surface area contributed by atoms with Crippen LogP contribution in [0.25, 0.3) is 0 Å². The Balaban J connectivity index is 2.04. The molecule has 1 saturated carbocycles. The van der Waals surface area contributed by atoms with Crippen LogP contribution >= 0.6 is 11.6 Å². The van der Waals surface area contributed by atoms with Crippen molar-refractivity contribution in [1.82, 2.24) is 5.32 Å². The van der Waals surface area contributed by atoms with Crippen LogP contribution in [0.4, 0.5) is 0 Å². The predicted molar refractivity (Wildman–Crippen MR) is 68.5 cm³/mol. The summed E-state index contributed by atoms with van der Waals surface area (Å²) in [5.74, 6) is 1.75. The summed E-state index contributed by atoms with van der Waals surface area (Å²) in [5.41, 5.74) is 0. The first-order valence-corrected chi connectivity index (χ1v) is 7.04. The summed E-state index contributed by atoms with van der Waals surface area (Å²) in [6.07, 6.45) is 7.70. The monoisotopic (exact) mass is 231 g/mol. The molecule has 0 amide bonds. The third kappa shape index (κ3) is 5.21. The molecule has 0 aliphatic heterocycles. The molecule has 1 aliphatic carbocycles. The van der Waals surface area contributed by atoms with Gasteiger partial charge in [-0.05, 0) is 50.6 Å². The fourth-order valence-corrected chi connectivity index (χ4v) is 2.65. The Morgan fingerprint density at radius 3 is 2.27 bits per heavy atom. The van der Waals surface area contributed by atoms with Gasteiger partial charge in [0.15, 0.2) is 0 Å².